The van der Waals surface area contributed by atoms with Crippen LogP contribution in [0, 0.1) is 11.6 Å². The SMILES string of the molecule is CN1CCCC(O)(Cc2cc(F)cc(F)c2)C1. The van der Waals surface area contributed by atoms with Crippen molar-refractivity contribution >= 4 is 0 Å². The number of halogens is 2. The molecule has 4 heteroatoms. The lowest BCUT2D eigenvalue weighted by Gasteiger charge is -2.37. The van der Waals surface area contributed by atoms with Gasteiger partial charge in [0.15, 0.2) is 0 Å². The van der Waals surface area contributed by atoms with E-state index in [0.717, 1.165) is 19.0 Å². The molecule has 2 nitrogen and oxygen atoms in total. The number of benzene rings is 1. The minimum Gasteiger partial charge on any atom is -0.388 e. The summed E-state index contributed by atoms with van der Waals surface area (Å²) in [5, 5.41) is 10.4. The number of hydrogen-bond donors (Lipinski definition) is 1. The summed E-state index contributed by atoms with van der Waals surface area (Å²) >= 11 is 0. The van der Waals surface area contributed by atoms with Crippen LogP contribution in [0.5, 0.6) is 0 Å². The average Bonchev–Trinajstić information content (AvgIpc) is 2.13. The third-order valence-corrected chi connectivity index (χ3v) is 3.20. The van der Waals surface area contributed by atoms with E-state index >= 15 is 0 Å². The molecule has 1 N–H and O–H groups in total. The lowest BCUT2D eigenvalue weighted by Crippen LogP contribution is -2.47. The van der Waals surface area contributed by atoms with E-state index in [1.54, 1.807) is 0 Å². The number of piperidine rings is 1. The van der Waals surface area contributed by atoms with Crippen LogP contribution in [0.4, 0.5) is 8.78 Å². The molecule has 0 spiro atoms. The number of aliphatic hydroxyl groups is 1. The van der Waals surface area contributed by atoms with Gasteiger partial charge in [-0.1, -0.05) is 0 Å². The topological polar surface area (TPSA) is 23.5 Å². The summed E-state index contributed by atoms with van der Waals surface area (Å²) < 4.78 is 26.1. The normalized spacial score (nSPS) is 26.1. The zero-order valence-electron chi connectivity index (χ0n) is 9.92. The fourth-order valence-electron chi connectivity index (χ4n) is 2.58. The van der Waals surface area contributed by atoms with Crippen molar-refractivity contribution in [3.63, 3.8) is 0 Å². The van der Waals surface area contributed by atoms with Crippen molar-refractivity contribution in [1.82, 2.24) is 4.90 Å². The van der Waals surface area contributed by atoms with Crippen LogP contribution in [0.3, 0.4) is 0 Å². The summed E-state index contributed by atoms with van der Waals surface area (Å²) in [5.74, 6) is -1.18. The Labute approximate surface area is 99.9 Å². The molecule has 0 bridgehead atoms. The van der Waals surface area contributed by atoms with Gasteiger partial charge < -0.3 is 10.0 Å². The monoisotopic (exact) mass is 241 g/mol. The minimum atomic E-state index is -0.868. The van der Waals surface area contributed by atoms with Crippen molar-refractivity contribution in [2.24, 2.45) is 0 Å². The van der Waals surface area contributed by atoms with E-state index in [1.165, 1.54) is 12.1 Å². The van der Waals surface area contributed by atoms with Gasteiger partial charge in [-0.05, 0) is 44.1 Å². The Morgan fingerprint density at radius 2 is 1.94 bits per heavy atom. The summed E-state index contributed by atoms with van der Waals surface area (Å²) in [6.45, 7) is 1.50. The number of likely N-dealkylation sites (tertiary alicyclic amines) is 1. The smallest absolute Gasteiger partial charge is 0.126 e. The first-order valence-electron chi connectivity index (χ1n) is 5.83. The van der Waals surface area contributed by atoms with Crippen LogP contribution in [0.25, 0.3) is 0 Å². The first-order chi connectivity index (χ1) is 7.97. The molecule has 17 heavy (non-hydrogen) atoms. The Hall–Kier alpha value is -1.00. The van der Waals surface area contributed by atoms with Crippen molar-refractivity contribution < 1.29 is 13.9 Å². The molecule has 1 atom stereocenters. The lowest BCUT2D eigenvalue weighted by molar-refractivity contribution is -0.0224. The van der Waals surface area contributed by atoms with Gasteiger partial charge in [0.1, 0.15) is 11.6 Å². The van der Waals surface area contributed by atoms with Crippen LogP contribution in [-0.2, 0) is 6.42 Å². The molecule has 0 saturated carbocycles. The van der Waals surface area contributed by atoms with E-state index in [4.69, 9.17) is 0 Å². The van der Waals surface area contributed by atoms with Crippen molar-refractivity contribution in [3.05, 3.63) is 35.4 Å². The number of likely N-dealkylation sites (N-methyl/N-ethyl adjacent to an activating group) is 1. The molecule has 1 fully saturated rings. The number of rotatable bonds is 2. The summed E-state index contributed by atoms with van der Waals surface area (Å²) in [6, 6.07) is 3.42. The van der Waals surface area contributed by atoms with Crippen LogP contribution >= 0.6 is 0 Å². The zero-order chi connectivity index (χ0) is 12.5. The van der Waals surface area contributed by atoms with Gasteiger partial charge in [-0.15, -0.1) is 0 Å². The number of β-amino-alcohol motifs (C(OH)–C–C–N with tert-alkyl or cyclic N) is 1. The first-order valence-corrected chi connectivity index (χ1v) is 5.83. The molecule has 1 heterocycles. The highest BCUT2D eigenvalue weighted by Gasteiger charge is 2.32. The van der Waals surface area contributed by atoms with Gasteiger partial charge in [-0.25, -0.2) is 8.78 Å². The molecular formula is C13H17F2NO. The van der Waals surface area contributed by atoms with Gasteiger partial charge in [0.2, 0.25) is 0 Å². The third-order valence-electron chi connectivity index (χ3n) is 3.20. The summed E-state index contributed by atoms with van der Waals surface area (Å²) in [7, 11) is 1.94. The maximum atomic E-state index is 13.1. The molecule has 94 valence electrons. The fourth-order valence-corrected chi connectivity index (χ4v) is 2.58. The number of nitrogens with zero attached hydrogens (tertiary/aromatic N) is 1. The van der Waals surface area contributed by atoms with Gasteiger partial charge in [0.05, 0.1) is 5.60 Å². The standard InChI is InChI=1S/C13H17F2NO/c1-16-4-2-3-13(17,9-16)8-10-5-11(14)7-12(15)6-10/h5-7,17H,2-4,8-9H2,1H3. The second kappa shape index (κ2) is 4.70. The van der Waals surface area contributed by atoms with E-state index in [1.807, 2.05) is 11.9 Å². The van der Waals surface area contributed by atoms with Gasteiger partial charge in [0.25, 0.3) is 0 Å². The second-order valence-electron chi connectivity index (χ2n) is 5.02. The minimum absolute atomic E-state index is 0.298. The molecule has 0 radical (unpaired) electrons. The quantitative estimate of drug-likeness (QED) is 0.855. The molecule has 0 aliphatic carbocycles. The Balaban J connectivity index is 2.13. The Morgan fingerprint density at radius 1 is 1.29 bits per heavy atom. The molecule has 1 aromatic rings. The van der Waals surface area contributed by atoms with Crippen molar-refractivity contribution in [2.45, 2.75) is 24.9 Å². The van der Waals surface area contributed by atoms with Crippen LogP contribution < -0.4 is 0 Å². The summed E-state index contributed by atoms with van der Waals surface area (Å²) in [5.41, 5.74) is -0.354. The molecule has 1 aliphatic rings. The highest BCUT2D eigenvalue weighted by molar-refractivity contribution is 5.20. The highest BCUT2D eigenvalue weighted by Crippen LogP contribution is 2.25. The lowest BCUT2D eigenvalue weighted by atomic mass is 9.87. The molecular weight excluding hydrogens is 224 g/mol. The first kappa shape index (κ1) is 12.5. The van der Waals surface area contributed by atoms with Crippen LogP contribution in [-0.4, -0.2) is 35.7 Å². The zero-order valence-corrected chi connectivity index (χ0v) is 9.92. The summed E-state index contributed by atoms with van der Waals surface area (Å²) in [6.07, 6.45) is 1.88. The largest absolute Gasteiger partial charge is 0.388 e. The fraction of sp³-hybridized carbons (Fsp3) is 0.538. The Morgan fingerprint density at radius 3 is 2.53 bits per heavy atom. The molecule has 2 rings (SSSR count). The predicted molar refractivity (Wildman–Crippen MR) is 61.7 cm³/mol. The van der Waals surface area contributed by atoms with Gasteiger partial charge >= 0.3 is 0 Å². The van der Waals surface area contributed by atoms with Crippen molar-refractivity contribution in [1.29, 1.82) is 0 Å². The maximum Gasteiger partial charge on any atom is 0.126 e. The van der Waals surface area contributed by atoms with Gasteiger partial charge in [-0.3, -0.25) is 0 Å². The van der Waals surface area contributed by atoms with E-state index < -0.39 is 17.2 Å². The van der Waals surface area contributed by atoms with E-state index in [9.17, 15) is 13.9 Å². The van der Waals surface area contributed by atoms with E-state index in [0.29, 0.717) is 24.9 Å². The highest BCUT2D eigenvalue weighted by atomic mass is 19.1. The van der Waals surface area contributed by atoms with E-state index in [2.05, 4.69) is 0 Å². The Bertz CT molecular complexity index is 390. The second-order valence-corrected chi connectivity index (χ2v) is 5.02. The van der Waals surface area contributed by atoms with Crippen molar-refractivity contribution in [2.75, 3.05) is 20.1 Å². The van der Waals surface area contributed by atoms with Gasteiger partial charge in [-0.2, -0.15) is 0 Å². The average molecular weight is 241 g/mol. The number of hydrogen-bond acceptors (Lipinski definition) is 2. The van der Waals surface area contributed by atoms with Crippen LogP contribution in [0.2, 0.25) is 0 Å². The molecule has 1 unspecified atom stereocenters. The van der Waals surface area contributed by atoms with E-state index in [-0.39, 0.29) is 0 Å². The van der Waals surface area contributed by atoms with Gasteiger partial charge in [0, 0.05) is 19.0 Å². The Kier molecular flexibility index (Phi) is 3.45. The molecule has 0 aromatic heterocycles. The molecule has 1 aliphatic heterocycles. The maximum absolute atomic E-state index is 13.1. The molecule has 0 amide bonds. The predicted octanol–water partition coefficient (Wildman–Crippen LogP) is 1.96. The van der Waals surface area contributed by atoms with Crippen LogP contribution in [0.15, 0.2) is 18.2 Å². The van der Waals surface area contributed by atoms with Crippen LogP contribution in [0.1, 0.15) is 18.4 Å². The summed E-state index contributed by atoms with van der Waals surface area (Å²) in [4.78, 5) is 2.04. The molecule has 1 aromatic carbocycles. The van der Waals surface area contributed by atoms with Crippen molar-refractivity contribution in [3.8, 4) is 0 Å². The third kappa shape index (κ3) is 3.23. The molecule has 1 saturated heterocycles.